The Kier molecular flexibility index (Phi) is 5.07. The van der Waals surface area contributed by atoms with Crippen LogP contribution in [-0.4, -0.2) is 22.5 Å². The molecule has 0 bridgehead atoms. The highest BCUT2D eigenvalue weighted by molar-refractivity contribution is 5.51. The molecule has 0 fully saturated rings. The number of benzene rings is 1. The minimum Gasteiger partial charge on any atom is -0.496 e. The van der Waals surface area contributed by atoms with Crippen molar-refractivity contribution >= 4 is 0 Å². The van der Waals surface area contributed by atoms with E-state index in [0.717, 1.165) is 17.9 Å². The lowest BCUT2D eigenvalue weighted by molar-refractivity contribution is 0.381. The maximum atomic E-state index is 5.84. The predicted octanol–water partition coefficient (Wildman–Crippen LogP) is 4.75. The number of aromatic amines is 1. The number of hydrogen-bond acceptors (Lipinski definition) is 3. The van der Waals surface area contributed by atoms with Gasteiger partial charge in [0.2, 0.25) is 0 Å². The van der Waals surface area contributed by atoms with Crippen LogP contribution < -0.4 is 4.74 Å². The zero-order valence-corrected chi connectivity index (χ0v) is 16.3. The summed E-state index contributed by atoms with van der Waals surface area (Å²) in [6.07, 6.45) is 2.67. The fourth-order valence-electron chi connectivity index (χ4n) is 3.03. The number of rotatable bonds is 4. The smallest absolute Gasteiger partial charge is 0.126 e. The summed E-state index contributed by atoms with van der Waals surface area (Å²) < 4.78 is 5.84. The first-order chi connectivity index (χ1) is 11.0. The summed E-state index contributed by atoms with van der Waals surface area (Å²) >= 11 is 0. The largest absolute Gasteiger partial charge is 0.496 e. The Hall–Kier alpha value is -1.84. The van der Waals surface area contributed by atoms with Crippen LogP contribution in [0.4, 0.5) is 0 Å². The summed E-state index contributed by atoms with van der Waals surface area (Å²) in [5.74, 6) is 1.38. The SMILES string of the molecule is COc1c(C(C)(C)C)cc(C(C)Cc2cn[nH]n2)cc1C(C)(C)C. The van der Waals surface area contributed by atoms with Crippen molar-refractivity contribution < 1.29 is 4.74 Å². The van der Waals surface area contributed by atoms with Crippen LogP contribution in [0.3, 0.4) is 0 Å². The Balaban J connectivity index is 2.56. The minimum atomic E-state index is 0.0228. The van der Waals surface area contributed by atoms with Crippen molar-refractivity contribution in [2.45, 2.75) is 71.6 Å². The zero-order chi connectivity index (χ0) is 18.1. The molecule has 0 aliphatic rings. The van der Waals surface area contributed by atoms with Gasteiger partial charge in [-0.2, -0.15) is 15.4 Å². The van der Waals surface area contributed by atoms with Gasteiger partial charge in [-0.05, 0) is 28.7 Å². The molecule has 1 N–H and O–H groups in total. The Morgan fingerprint density at radius 3 is 1.96 bits per heavy atom. The Bertz CT molecular complexity index is 641. The van der Waals surface area contributed by atoms with Crippen LogP contribution in [0.15, 0.2) is 18.3 Å². The van der Waals surface area contributed by atoms with Gasteiger partial charge in [-0.1, -0.05) is 60.6 Å². The maximum Gasteiger partial charge on any atom is 0.126 e. The molecule has 1 heterocycles. The first-order valence-electron chi connectivity index (χ1n) is 8.61. The lowest BCUT2D eigenvalue weighted by atomic mass is 9.77. The summed E-state index contributed by atoms with van der Waals surface area (Å²) in [7, 11) is 1.78. The fraction of sp³-hybridized carbons (Fsp3) is 0.600. The number of nitrogens with zero attached hydrogens (tertiary/aromatic N) is 2. The highest BCUT2D eigenvalue weighted by Gasteiger charge is 2.28. The molecular formula is C20H31N3O. The second-order valence-electron chi connectivity index (χ2n) is 8.72. The molecule has 4 heteroatoms. The first kappa shape index (κ1) is 18.5. The molecule has 0 radical (unpaired) electrons. The van der Waals surface area contributed by atoms with Gasteiger partial charge in [-0.25, -0.2) is 0 Å². The van der Waals surface area contributed by atoms with Crippen molar-refractivity contribution in [1.82, 2.24) is 15.4 Å². The van der Waals surface area contributed by atoms with Gasteiger partial charge in [0.15, 0.2) is 0 Å². The van der Waals surface area contributed by atoms with Gasteiger partial charge in [-0.15, -0.1) is 0 Å². The van der Waals surface area contributed by atoms with E-state index >= 15 is 0 Å². The molecule has 0 saturated heterocycles. The van der Waals surface area contributed by atoms with E-state index in [0.29, 0.717) is 5.92 Å². The summed E-state index contributed by atoms with van der Waals surface area (Å²) in [5, 5.41) is 10.8. The van der Waals surface area contributed by atoms with E-state index in [1.54, 1.807) is 13.3 Å². The van der Waals surface area contributed by atoms with E-state index in [1.807, 2.05) is 0 Å². The molecule has 0 amide bonds. The van der Waals surface area contributed by atoms with E-state index in [1.165, 1.54) is 16.7 Å². The maximum absolute atomic E-state index is 5.84. The van der Waals surface area contributed by atoms with E-state index in [2.05, 4.69) is 76.0 Å². The van der Waals surface area contributed by atoms with Crippen molar-refractivity contribution in [3.8, 4) is 5.75 Å². The lowest BCUT2D eigenvalue weighted by Gasteiger charge is -2.31. The van der Waals surface area contributed by atoms with Gasteiger partial charge in [-0.3, -0.25) is 0 Å². The van der Waals surface area contributed by atoms with E-state index in [-0.39, 0.29) is 10.8 Å². The van der Waals surface area contributed by atoms with Gasteiger partial charge in [0.25, 0.3) is 0 Å². The number of aromatic nitrogens is 3. The first-order valence-corrected chi connectivity index (χ1v) is 8.61. The summed E-state index contributed by atoms with van der Waals surface area (Å²) in [6.45, 7) is 15.7. The van der Waals surface area contributed by atoms with Crippen molar-refractivity contribution in [2.24, 2.45) is 0 Å². The molecule has 2 rings (SSSR count). The average molecular weight is 329 g/mol. The lowest BCUT2D eigenvalue weighted by Crippen LogP contribution is -2.20. The normalized spacial score (nSPS) is 13.8. The number of ether oxygens (including phenoxy) is 1. The number of methoxy groups -OCH3 is 1. The van der Waals surface area contributed by atoms with Crippen LogP contribution in [0.25, 0.3) is 0 Å². The summed E-state index contributed by atoms with van der Waals surface area (Å²) in [4.78, 5) is 0. The van der Waals surface area contributed by atoms with Crippen LogP contribution in [0.2, 0.25) is 0 Å². The van der Waals surface area contributed by atoms with Crippen LogP contribution >= 0.6 is 0 Å². The van der Waals surface area contributed by atoms with E-state index < -0.39 is 0 Å². The average Bonchev–Trinajstić information content (AvgIpc) is 2.96. The van der Waals surface area contributed by atoms with Gasteiger partial charge >= 0.3 is 0 Å². The van der Waals surface area contributed by atoms with Crippen LogP contribution in [0.1, 0.15) is 76.8 Å². The monoisotopic (exact) mass is 329 g/mol. The highest BCUT2D eigenvalue weighted by Crippen LogP contribution is 2.42. The molecule has 0 aliphatic carbocycles. The van der Waals surface area contributed by atoms with Crippen LogP contribution in [-0.2, 0) is 17.3 Å². The molecule has 0 spiro atoms. The minimum absolute atomic E-state index is 0.0228. The second kappa shape index (κ2) is 6.58. The quantitative estimate of drug-likeness (QED) is 0.880. The van der Waals surface area contributed by atoms with Crippen molar-refractivity contribution in [2.75, 3.05) is 7.11 Å². The van der Waals surface area contributed by atoms with Crippen molar-refractivity contribution in [1.29, 1.82) is 0 Å². The zero-order valence-electron chi connectivity index (χ0n) is 16.3. The van der Waals surface area contributed by atoms with E-state index in [9.17, 15) is 0 Å². The van der Waals surface area contributed by atoms with Crippen LogP contribution in [0.5, 0.6) is 5.75 Å². The summed E-state index contributed by atoms with van der Waals surface area (Å²) in [6, 6.07) is 4.61. The third-order valence-electron chi connectivity index (χ3n) is 4.48. The fourth-order valence-corrected chi connectivity index (χ4v) is 3.03. The molecule has 1 atom stereocenters. The standard InChI is InChI=1S/C20H31N3O/c1-13(9-15-12-21-23-22-15)14-10-16(19(2,3)4)18(24-8)17(11-14)20(5,6)7/h10-13H,9H2,1-8H3,(H,21,22,23). The molecule has 0 aliphatic heterocycles. The molecule has 4 nitrogen and oxygen atoms in total. The number of hydrogen-bond donors (Lipinski definition) is 1. The predicted molar refractivity (Wildman–Crippen MR) is 98.9 cm³/mol. The third-order valence-corrected chi connectivity index (χ3v) is 4.48. The Morgan fingerprint density at radius 1 is 1.04 bits per heavy atom. The van der Waals surface area contributed by atoms with Crippen molar-refractivity contribution in [3.63, 3.8) is 0 Å². The van der Waals surface area contributed by atoms with Gasteiger partial charge < -0.3 is 4.74 Å². The number of nitrogens with one attached hydrogen (secondary N) is 1. The van der Waals surface area contributed by atoms with Crippen LogP contribution in [0, 0.1) is 0 Å². The van der Waals surface area contributed by atoms with E-state index in [4.69, 9.17) is 4.74 Å². The molecule has 132 valence electrons. The molecule has 2 aromatic rings. The van der Waals surface area contributed by atoms with Crippen molar-refractivity contribution in [3.05, 3.63) is 40.7 Å². The molecule has 1 aromatic carbocycles. The molecular weight excluding hydrogens is 298 g/mol. The molecule has 24 heavy (non-hydrogen) atoms. The summed E-state index contributed by atoms with van der Waals surface area (Å²) in [5.41, 5.74) is 4.89. The van der Waals surface area contributed by atoms with Gasteiger partial charge in [0, 0.05) is 11.1 Å². The Labute approximate surface area is 146 Å². The molecule has 1 unspecified atom stereocenters. The number of H-pyrrole nitrogens is 1. The van der Waals surface area contributed by atoms with Gasteiger partial charge in [0.05, 0.1) is 19.0 Å². The molecule has 1 aromatic heterocycles. The third kappa shape index (κ3) is 3.97. The highest BCUT2D eigenvalue weighted by atomic mass is 16.5. The topological polar surface area (TPSA) is 50.8 Å². The van der Waals surface area contributed by atoms with Gasteiger partial charge in [0.1, 0.15) is 5.75 Å². The molecule has 0 saturated carbocycles. The second-order valence-corrected chi connectivity index (χ2v) is 8.72. The Morgan fingerprint density at radius 2 is 1.58 bits per heavy atom.